The van der Waals surface area contributed by atoms with Crippen molar-refractivity contribution in [3.8, 4) is 0 Å². The summed E-state index contributed by atoms with van der Waals surface area (Å²) in [6.07, 6.45) is 6.56. The van der Waals surface area contributed by atoms with Crippen molar-refractivity contribution in [1.29, 1.82) is 0 Å². The molecule has 1 aromatic carbocycles. The van der Waals surface area contributed by atoms with E-state index in [1.165, 1.54) is 22.2 Å². The van der Waals surface area contributed by atoms with Gasteiger partial charge in [0.2, 0.25) is 5.91 Å². The predicted molar refractivity (Wildman–Crippen MR) is 123 cm³/mol. The smallest absolute Gasteiger partial charge is 0.220 e. The van der Waals surface area contributed by atoms with E-state index in [2.05, 4.69) is 44.8 Å². The second kappa shape index (κ2) is 9.25. The molecule has 1 aliphatic carbocycles. The van der Waals surface area contributed by atoms with Gasteiger partial charge < -0.3 is 15.0 Å². The number of amides is 1. The zero-order valence-corrected chi connectivity index (χ0v) is 18.5. The predicted octanol–water partition coefficient (Wildman–Crippen LogP) is 3.88. The van der Waals surface area contributed by atoms with Crippen LogP contribution in [0.2, 0.25) is 0 Å². The summed E-state index contributed by atoms with van der Waals surface area (Å²) in [4.78, 5) is 16.8. The third-order valence-electron chi connectivity index (χ3n) is 7.19. The van der Waals surface area contributed by atoms with Crippen LogP contribution in [-0.2, 0) is 9.53 Å². The van der Waals surface area contributed by atoms with E-state index in [1.807, 2.05) is 11.3 Å². The first kappa shape index (κ1) is 20.3. The van der Waals surface area contributed by atoms with Crippen molar-refractivity contribution >= 4 is 33.0 Å². The first-order chi connectivity index (χ1) is 14.8. The number of hydrogen-bond donors (Lipinski definition) is 1. The molecule has 0 bridgehead atoms. The fraction of sp³-hybridized carbons (Fsp3) is 0.625. The highest BCUT2D eigenvalue weighted by atomic mass is 32.1. The largest absolute Gasteiger partial charge is 0.378 e. The average Bonchev–Trinajstić information content (AvgIpc) is 3.26. The Labute approximate surface area is 183 Å². The van der Waals surface area contributed by atoms with Gasteiger partial charge in [0.1, 0.15) is 0 Å². The summed E-state index contributed by atoms with van der Waals surface area (Å²) in [5.74, 6) is 0.907. The molecule has 1 saturated carbocycles. The average molecular weight is 428 g/mol. The highest BCUT2D eigenvalue weighted by molar-refractivity contribution is 7.17. The van der Waals surface area contributed by atoms with Crippen LogP contribution < -0.4 is 10.2 Å². The van der Waals surface area contributed by atoms with Crippen LogP contribution in [0.5, 0.6) is 0 Å². The van der Waals surface area contributed by atoms with Gasteiger partial charge in [-0.3, -0.25) is 9.69 Å². The van der Waals surface area contributed by atoms with E-state index < -0.39 is 0 Å². The summed E-state index contributed by atoms with van der Waals surface area (Å²) >= 11 is 1.83. The number of carbonyl (C=O) groups excluding carboxylic acids is 1. The number of fused-ring (bicyclic) bond motifs is 2. The molecule has 0 radical (unpaired) electrons. The number of benzene rings is 1. The van der Waals surface area contributed by atoms with Crippen LogP contribution in [0.1, 0.15) is 38.5 Å². The lowest BCUT2D eigenvalue weighted by atomic mass is 9.78. The topological polar surface area (TPSA) is 44.8 Å². The summed E-state index contributed by atoms with van der Waals surface area (Å²) in [5.41, 5.74) is 1.39. The van der Waals surface area contributed by atoms with E-state index in [9.17, 15) is 4.79 Å². The Morgan fingerprint density at radius 1 is 1.10 bits per heavy atom. The van der Waals surface area contributed by atoms with Gasteiger partial charge in [-0.15, -0.1) is 11.3 Å². The number of nitrogens with one attached hydrogen (secondary N) is 1. The van der Waals surface area contributed by atoms with Crippen LogP contribution in [0, 0.1) is 5.92 Å². The van der Waals surface area contributed by atoms with E-state index >= 15 is 0 Å². The van der Waals surface area contributed by atoms with Gasteiger partial charge in [-0.1, -0.05) is 6.07 Å². The van der Waals surface area contributed by atoms with Crippen LogP contribution in [0.4, 0.5) is 5.69 Å². The number of piperidine rings is 1. The summed E-state index contributed by atoms with van der Waals surface area (Å²) in [6, 6.07) is 9.27. The molecule has 5 nitrogen and oxygen atoms in total. The Morgan fingerprint density at radius 2 is 2.00 bits per heavy atom. The number of anilines is 1. The second-order valence-corrected chi connectivity index (χ2v) is 10.0. The molecule has 2 saturated heterocycles. The van der Waals surface area contributed by atoms with E-state index in [0.29, 0.717) is 24.5 Å². The van der Waals surface area contributed by atoms with Crippen LogP contribution >= 0.6 is 11.3 Å². The lowest BCUT2D eigenvalue weighted by Crippen LogP contribution is -2.49. The Balaban J connectivity index is 1.02. The van der Waals surface area contributed by atoms with Crippen molar-refractivity contribution in [2.45, 2.75) is 50.7 Å². The van der Waals surface area contributed by atoms with Gasteiger partial charge in [0.05, 0.1) is 6.10 Å². The molecule has 30 heavy (non-hydrogen) atoms. The quantitative estimate of drug-likeness (QED) is 0.711. The van der Waals surface area contributed by atoms with Gasteiger partial charge in [-0.25, -0.2) is 0 Å². The molecular weight excluding hydrogens is 394 g/mol. The summed E-state index contributed by atoms with van der Waals surface area (Å²) < 4.78 is 7.58. The molecule has 1 aromatic heterocycles. The monoisotopic (exact) mass is 427 g/mol. The second-order valence-electron chi connectivity index (χ2n) is 9.07. The maximum Gasteiger partial charge on any atom is 0.220 e. The van der Waals surface area contributed by atoms with Gasteiger partial charge in [0.25, 0.3) is 0 Å². The minimum atomic E-state index is 0.228. The van der Waals surface area contributed by atoms with Gasteiger partial charge in [0.15, 0.2) is 0 Å². The van der Waals surface area contributed by atoms with Gasteiger partial charge in [-0.2, -0.15) is 0 Å². The Morgan fingerprint density at radius 3 is 2.90 bits per heavy atom. The normalized spacial score (nSPS) is 27.8. The van der Waals surface area contributed by atoms with Crippen molar-refractivity contribution in [3.05, 3.63) is 29.6 Å². The van der Waals surface area contributed by atoms with E-state index in [1.54, 1.807) is 0 Å². The van der Waals surface area contributed by atoms with Gasteiger partial charge >= 0.3 is 0 Å². The van der Waals surface area contributed by atoms with Crippen molar-refractivity contribution in [2.75, 3.05) is 44.2 Å². The summed E-state index contributed by atoms with van der Waals surface area (Å²) in [6.45, 7) is 6.40. The zero-order valence-electron chi connectivity index (χ0n) is 17.7. The molecule has 3 aliphatic rings. The minimum Gasteiger partial charge on any atom is -0.378 e. The number of ether oxygens (including phenoxy) is 1. The number of piperazine rings is 1. The summed E-state index contributed by atoms with van der Waals surface area (Å²) in [7, 11) is 0. The standard InChI is InChI=1S/C24H33N3O2S/c28-24-8-6-18-5-7-19(17-21(18)25-24)29-15-2-10-26-11-13-27(14-12-26)22-3-1-4-23-20(22)9-16-30-23/h1,3-4,9,16,18-19,21H,2,5-8,10-15,17H2,(H,25,28). The van der Waals surface area contributed by atoms with Crippen molar-refractivity contribution in [1.82, 2.24) is 10.2 Å². The zero-order chi connectivity index (χ0) is 20.3. The van der Waals surface area contributed by atoms with E-state index in [4.69, 9.17) is 4.74 Å². The number of hydrogen-bond acceptors (Lipinski definition) is 5. The van der Waals surface area contributed by atoms with Crippen LogP contribution in [-0.4, -0.2) is 62.3 Å². The Hall–Kier alpha value is -1.63. The molecule has 0 spiro atoms. The highest BCUT2D eigenvalue weighted by Gasteiger charge is 2.34. The van der Waals surface area contributed by atoms with Gasteiger partial charge in [0, 0.05) is 67.6 Å². The SMILES string of the molecule is O=C1CCC2CCC(OCCCN3CCN(c4cccc5sccc45)CC3)CC2N1. The lowest BCUT2D eigenvalue weighted by molar-refractivity contribution is -0.125. The number of nitrogens with zero attached hydrogens (tertiary/aromatic N) is 2. The fourth-order valence-electron chi connectivity index (χ4n) is 5.47. The van der Waals surface area contributed by atoms with Gasteiger partial charge in [-0.05, 0) is 61.6 Å². The highest BCUT2D eigenvalue weighted by Crippen LogP contribution is 2.33. The number of carbonyl (C=O) groups is 1. The Bertz CT molecular complexity index is 861. The minimum absolute atomic E-state index is 0.228. The van der Waals surface area contributed by atoms with Crippen LogP contribution in [0.25, 0.3) is 10.1 Å². The molecule has 3 atom stereocenters. The lowest BCUT2D eigenvalue weighted by Gasteiger charge is -2.39. The maximum atomic E-state index is 11.7. The molecule has 162 valence electrons. The third kappa shape index (κ3) is 4.51. The Kier molecular flexibility index (Phi) is 6.25. The summed E-state index contributed by atoms with van der Waals surface area (Å²) in [5, 5.41) is 6.78. The molecule has 2 aromatic rings. The van der Waals surface area contributed by atoms with Crippen LogP contribution in [0.15, 0.2) is 29.6 Å². The first-order valence-electron chi connectivity index (χ1n) is 11.6. The van der Waals surface area contributed by atoms with Crippen molar-refractivity contribution < 1.29 is 9.53 Å². The molecule has 6 heteroatoms. The molecule has 2 aliphatic heterocycles. The van der Waals surface area contributed by atoms with E-state index in [0.717, 1.165) is 65.0 Å². The molecule has 3 fully saturated rings. The molecule has 1 N–H and O–H groups in total. The third-order valence-corrected chi connectivity index (χ3v) is 8.07. The van der Waals surface area contributed by atoms with Crippen molar-refractivity contribution in [3.63, 3.8) is 0 Å². The molecule has 1 amide bonds. The van der Waals surface area contributed by atoms with Crippen molar-refractivity contribution in [2.24, 2.45) is 5.92 Å². The number of thiophene rings is 1. The van der Waals surface area contributed by atoms with E-state index in [-0.39, 0.29) is 5.91 Å². The molecule has 3 unspecified atom stereocenters. The fourth-order valence-corrected chi connectivity index (χ4v) is 6.28. The van der Waals surface area contributed by atoms with Crippen LogP contribution in [0.3, 0.4) is 0 Å². The molecule has 3 heterocycles. The molecule has 5 rings (SSSR count). The first-order valence-corrected chi connectivity index (χ1v) is 12.5. The number of rotatable bonds is 6. The maximum absolute atomic E-state index is 11.7. The molecular formula is C24H33N3O2S.